The number of nitrogens with zero attached hydrogens (tertiary/aromatic N) is 1. The van der Waals surface area contributed by atoms with Gasteiger partial charge in [0, 0.05) is 5.39 Å². The molecule has 1 aromatic carbocycles. The van der Waals surface area contributed by atoms with E-state index < -0.39 is 0 Å². The van der Waals surface area contributed by atoms with Crippen molar-refractivity contribution in [3.63, 3.8) is 0 Å². The van der Waals surface area contributed by atoms with Crippen LogP contribution >= 0.6 is 0 Å². The molecule has 0 radical (unpaired) electrons. The summed E-state index contributed by atoms with van der Waals surface area (Å²) in [5, 5.41) is 0.516. The molecule has 1 aromatic heterocycles. The van der Waals surface area contributed by atoms with Gasteiger partial charge in [0.15, 0.2) is 0 Å². The lowest BCUT2D eigenvalue weighted by Gasteiger charge is -2.19. The van der Waals surface area contributed by atoms with Crippen LogP contribution in [0.15, 0.2) is 24.3 Å². The summed E-state index contributed by atoms with van der Waals surface area (Å²) in [4.78, 5) is 4.15. The van der Waals surface area contributed by atoms with Crippen molar-refractivity contribution in [1.82, 2.24) is 4.98 Å². The van der Waals surface area contributed by atoms with E-state index in [0.29, 0.717) is 16.7 Å². The predicted molar refractivity (Wildman–Crippen MR) is 64.8 cm³/mol. The highest BCUT2D eigenvalue weighted by Crippen LogP contribution is 2.27. The Kier molecular flexibility index (Phi) is 2.34. The Hall–Kier alpha value is -1.64. The summed E-state index contributed by atoms with van der Waals surface area (Å²) in [5.41, 5.74) is 7.05. The van der Waals surface area contributed by atoms with Crippen molar-refractivity contribution in [3.8, 4) is 0 Å². The molecule has 2 aromatic rings. The summed E-state index contributed by atoms with van der Waals surface area (Å²) < 4.78 is 13.8. The van der Waals surface area contributed by atoms with Crippen molar-refractivity contribution in [3.05, 3.63) is 35.6 Å². The largest absolute Gasteiger partial charge is 0.384 e. The van der Waals surface area contributed by atoms with E-state index >= 15 is 0 Å². The molecule has 0 saturated carbocycles. The van der Waals surface area contributed by atoms with Gasteiger partial charge < -0.3 is 5.73 Å². The molecule has 2 rings (SSSR count). The molecular weight excluding hydrogens is 203 g/mol. The first-order valence-corrected chi connectivity index (χ1v) is 5.24. The lowest BCUT2D eigenvalue weighted by Crippen LogP contribution is -2.11. The van der Waals surface area contributed by atoms with Crippen molar-refractivity contribution in [2.45, 2.75) is 26.2 Å². The van der Waals surface area contributed by atoms with Gasteiger partial charge in [-0.15, -0.1) is 0 Å². The van der Waals surface area contributed by atoms with Crippen LogP contribution in [0.3, 0.4) is 0 Å². The molecule has 0 aliphatic carbocycles. The van der Waals surface area contributed by atoms with Gasteiger partial charge in [-0.05, 0) is 35.2 Å². The van der Waals surface area contributed by atoms with Crippen LogP contribution in [-0.4, -0.2) is 4.98 Å². The van der Waals surface area contributed by atoms with Crippen molar-refractivity contribution in [2.24, 2.45) is 0 Å². The molecule has 16 heavy (non-hydrogen) atoms. The Morgan fingerprint density at radius 1 is 1.19 bits per heavy atom. The van der Waals surface area contributed by atoms with Gasteiger partial charge in [0.2, 0.25) is 0 Å². The van der Waals surface area contributed by atoms with E-state index in [2.05, 4.69) is 4.98 Å². The number of hydrogen-bond acceptors (Lipinski definition) is 2. The highest BCUT2D eigenvalue weighted by Gasteiger charge is 2.16. The summed E-state index contributed by atoms with van der Waals surface area (Å²) in [6, 6.07) is 6.75. The van der Waals surface area contributed by atoms with Gasteiger partial charge in [-0.2, -0.15) is 0 Å². The number of halogens is 1. The van der Waals surface area contributed by atoms with Crippen molar-refractivity contribution in [1.29, 1.82) is 0 Å². The lowest BCUT2D eigenvalue weighted by molar-refractivity contribution is 0.576. The van der Waals surface area contributed by atoms with Crippen LogP contribution in [0.25, 0.3) is 10.9 Å². The molecule has 0 aliphatic rings. The summed E-state index contributed by atoms with van der Waals surface area (Å²) in [7, 11) is 0. The Morgan fingerprint density at radius 3 is 2.50 bits per heavy atom. The molecule has 1 heterocycles. The smallest absolute Gasteiger partial charge is 0.132 e. The van der Waals surface area contributed by atoms with E-state index in [1.54, 1.807) is 18.2 Å². The lowest BCUT2D eigenvalue weighted by atomic mass is 9.86. The summed E-state index contributed by atoms with van der Waals surface area (Å²) in [6.45, 7) is 6.12. The molecule has 0 bridgehead atoms. The fourth-order valence-corrected chi connectivity index (χ4v) is 1.64. The molecule has 0 fully saturated rings. The van der Waals surface area contributed by atoms with Crippen LogP contribution in [0.2, 0.25) is 0 Å². The molecule has 0 unspecified atom stereocenters. The Balaban J connectivity index is 2.75. The van der Waals surface area contributed by atoms with Crippen molar-refractivity contribution < 1.29 is 4.39 Å². The maximum Gasteiger partial charge on any atom is 0.132 e. The average Bonchev–Trinajstić information content (AvgIpc) is 2.15. The molecule has 0 saturated heterocycles. The second kappa shape index (κ2) is 3.44. The fraction of sp³-hybridized carbons (Fsp3) is 0.308. The molecule has 0 spiro atoms. The van der Waals surface area contributed by atoms with E-state index in [9.17, 15) is 4.39 Å². The standard InChI is InChI=1S/C13H15FN2/c1-13(2,3)8-6-10(14)9-4-5-12(15)16-11(9)7-8/h4-7H,1-3H3,(H2,15,16). The van der Waals surface area contributed by atoms with Gasteiger partial charge in [-0.25, -0.2) is 9.37 Å². The summed E-state index contributed by atoms with van der Waals surface area (Å²) >= 11 is 0. The fourth-order valence-electron chi connectivity index (χ4n) is 1.64. The first-order valence-electron chi connectivity index (χ1n) is 5.24. The van der Waals surface area contributed by atoms with Crippen LogP contribution in [0.5, 0.6) is 0 Å². The number of nitrogen functional groups attached to an aromatic ring is 1. The molecule has 3 heteroatoms. The second-order valence-electron chi connectivity index (χ2n) is 5.01. The van der Waals surface area contributed by atoms with Gasteiger partial charge in [-0.3, -0.25) is 0 Å². The number of aromatic nitrogens is 1. The first-order chi connectivity index (χ1) is 7.38. The SMILES string of the molecule is CC(C)(C)c1cc(F)c2ccc(N)nc2c1. The number of benzene rings is 1. The van der Waals surface area contributed by atoms with Gasteiger partial charge >= 0.3 is 0 Å². The number of rotatable bonds is 0. The van der Waals surface area contributed by atoms with Crippen LogP contribution in [0.4, 0.5) is 10.2 Å². The van der Waals surface area contributed by atoms with Gasteiger partial charge in [0.1, 0.15) is 11.6 Å². The number of nitrogens with two attached hydrogens (primary N) is 1. The predicted octanol–water partition coefficient (Wildman–Crippen LogP) is 3.25. The minimum atomic E-state index is -0.241. The summed E-state index contributed by atoms with van der Waals surface area (Å²) in [5.74, 6) is 0.174. The molecule has 84 valence electrons. The minimum Gasteiger partial charge on any atom is -0.384 e. The molecular formula is C13H15FN2. The maximum atomic E-state index is 13.8. The summed E-state index contributed by atoms with van der Waals surface area (Å²) in [6.07, 6.45) is 0. The second-order valence-corrected chi connectivity index (χ2v) is 5.01. The van der Waals surface area contributed by atoms with E-state index in [4.69, 9.17) is 5.73 Å². The van der Waals surface area contributed by atoms with Crippen LogP contribution in [0, 0.1) is 5.82 Å². The van der Waals surface area contributed by atoms with E-state index in [1.807, 2.05) is 26.8 Å². The monoisotopic (exact) mass is 218 g/mol. The third-order valence-electron chi connectivity index (χ3n) is 2.64. The van der Waals surface area contributed by atoms with Crippen LogP contribution in [0.1, 0.15) is 26.3 Å². The average molecular weight is 218 g/mol. The number of anilines is 1. The normalized spacial score (nSPS) is 12.0. The maximum absolute atomic E-state index is 13.8. The van der Waals surface area contributed by atoms with Gasteiger partial charge in [0.25, 0.3) is 0 Å². The topological polar surface area (TPSA) is 38.9 Å². The van der Waals surface area contributed by atoms with Crippen LogP contribution < -0.4 is 5.73 Å². The zero-order valence-corrected chi connectivity index (χ0v) is 9.71. The highest BCUT2D eigenvalue weighted by atomic mass is 19.1. The van der Waals surface area contributed by atoms with Crippen molar-refractivity contribution in [2.75, 3.05) is 5.73 Å². The minimum absolute atomic E-state index is 0.0959. The highest BCUT2D eigenvalue weighted by molar-refractivity contribution is 5.81. The van der Waals surface area contributed by atoms with Gasteiger partial charge in [0.05, 0.1) is 5.52 Å². The Bertz CT molecular complexity index is 541. The molecule has 0 amide bonds. The Morgan fingerprint density at radius 2 is 1.88 bits per heavy atom. The molecule has 2 nitrogen and oxygen atoms in total. The third-order valence-corrected chi connectivity index (χ3v) is 2.64. The zero-order chi connectivity index (χ0) is 11.9. The van der Waals surface area contributed by atoms with E-state index in [0.717, 1.165) is 5.56 Å². The quantitative estimate of drug-likeness (QED) is 0.737. The van der Waals surface area contributed by atoms with E-state index in [-0.39, 0.29) is 11.2 Å². The van der Waals surface area contributed by atoms with Crippen LogP contribution in [-0.2, 0) is 5.41 Å². The third kappa shape index (κ3) is 1.85. The molecule has 0 aliphatic heterocycles. The number of hydrogen-bond donors (Lipinski definition) is 1. The molecule has 0 atom stereocenters. The molecule has 2 N–H and O–H groups in total. The number of fused-ring (bicyclic) bond motifs is 1. The number of pyridine rings is 1. The first kappa shape index (κ1) is 10.9. The van der Waals surface area contributed by atoms with Gasteiger partial charge in [-0.1, -0.05) is 20.8 Å². The zero-order valence-electron chi connectivity index (χ0n) is 9.71. The Labute approximate surface area is 94.3 Å². The van der Waals surface area contributed by atoms with Crippen molar-refractivity contribution >= 4 is 16.7 Å². The van der Waals surface area contributed by atoms with E-state index in [1.165, 1.54) is 0 Å².